The first-order valence-corrected chi connectivity index (χ1v) is 7.30. The van der Waals surface area contributed by atoms with Crippen molar-refractivity contribution in [3.63, 3.8) is 0 Å². The molecule has 5 nitrogen and oxygen atoms in total. The minimum atomic E-state index is -0.662. The monoisotopic (exact) mass is 296 g/mol. The van der Waals surface area contributed by atoms with Crippen molar-refractivity contribution < 1.29 is 24.1 Å². The largest absolute Gasteiger partial charge is 0.493 e. The smallest absolute Gasteiger partial charge is 0.161 e. The molecule has 0 amide bonds. The first-order valence-electron chi connectivity index (χ1n) is 7.30. The molecule has 0 spiro atoms. The summed E-state index contributed by atoms with van der Waals surface area (Å²) in [6.07, 6.45) is 1.41. The Balaban J connectivity index is 1.83. The first-order chi connectivity index (χ1) is 10.2. The molecule has 5 heteroatoms. The summed E-state index contributed by atoms with van der Waals surface area (Å²) in [6.45, 7) is 2.58. The number of hydrogen-bond acceptors (Lipinski definition) is 5. The van der Waals surface area contributed by atoms with E-state index in [2.05, 4.69) is 0 Å². The van der Waals surface area contributed by atoms with Gasteiger partial charge >= 0.3 is 0 Å². The van der Waals surface area contributed by atoms with Gasteiger partial charge in [-0.25, -0.2) is 0 Å². The number of ether oxygens (including phenoxy) is 4. The highest BCUT2D eigenvalue weighted by molar-refractivity contribution is 5.43. The lowest BCUT2D eigenvalue weighted by Crippen LogP contribution is -2.21. The molecule has 1 aliphatic heterocycles. The molecule has 0 aromatic heterocycles. The zero-order valence-electron chi connectivity index (χ0n) is 12.7. The Hall–Kier alpha value is -1.30. The SMILES string of the molecule is COc1ccc(C(O)COCC2CCOCC2)cc1OC. The van der Waals surface area contributed by atoms with Gasteiger partial charge in [-0.3, -0.25) is 0 Å². The van der Waals surface area contributed by atoms with Gasteiger partial charge < -0.3 is 24.1 Å². The maximum absolute atomic E-state index is 10.2. The molecular weight excluding hydrogens is 272 g/mol. The molecule has 21 heavy (non-hydrogen) atoms. The summed E-state index contributed by atoms with van der Waals surface area (Å²) in [5, 5.41) is 10.2. The van der Waals surface area contributed by atoms with E-state index in [0.717, 1.165) is 31.6 Å². The van der Waals surface area contributed by atoms with E-state index in [4.69, 9.17) is 18.9 Å². The molecule has 1 unspecified atom stereocenters. The number of aliphatic hydroxyl groups excluding tert-OH is 1. The van der Waals surface area contributed by atoms with Crippen LogP contribution in [-0.2, 0) is 9.47 Å². The van der Waals surface area contributed by atoms with Gasteiger partial charge in [0.2, 0.25) is 0 Å². The minimum Gasteiger partial charge on any atom is -0.493 e. The lowest BCUT2D eigenvalue weighted by Gasteiger charge is -2.22. The fraction of sp³-hybridized carbons (Fsp3) is 0.625. The Kier molecular flexibility index (Phi) is 6.29. The molecule has 0 radical (unpaired) electrons. The average molecular weight is 296 g/mol. The van der Waals surface area contributed by atoms with Gasteiger partial charge in [0.1, 0.15) is 6.10 Å². The molecule has 1 atom stereocenters. The highest BCUT2D eigenvalue weighted by Gasteiger charge is 2.16. The van der Waals surface area contributed by atoms with E-state index in [9.17, 15) is 5.11 Å². The lowest BCUT2D eigenvalue weighted by molar-refractivity contribution is -0.00970. The van der Waals surface area contributed by atoms with Gasteiger partial charge in [-0.1, -0.05) is 6.07 Å². The molecule has 1 aliphatic rings. The van der Waals surface area contributed by atoms with Crippen molar-refractivity contribution in [1.82, 2.24) is 0 Å². The van der Waals surface area contributed by atoms with Crippen LogP contribution in [0.2, 0.25) is 0 Å². The van der Waals surface area contributed by atoms with Gasteiger partial charge in [-0.05, 0) is 36.5 Å². The standard InChI is InChI=1S/C16H24O5/c1-18-15-4-3-13(9-16(15)19-2)14(17)11-21-10-12-5-7-20-8-6-12/h3-4,9,12,14,17H,5-8,10-11H2,1-2H3. The molecule has 1 aromatic carbocycles. The van der Waals surface area contributed by atoms with Crippen LogP contribution in [0, 0.1) is 5.92 Å². The van der Waals surface area contributed by atoms with Crippen molar-refractivity contribution in [3.05, 3.63) is 23.8 Å². The van der Waals surface area contributed by atoms with Gasteiger partial charge in [0.15, 0.2) is 11.5 Å². The highest BCUT2D eigenvalue weighted by atomic mass is 16.5. The fourth-order valence-electron chi connectivity index (χ4n) is 2.42. The van der Waals surface area contributed by atoms with Crippen molar-refractivity contribution in [3.8, 4) is 11.5 Å². The number of aliphatic hydroxyl groups is 1. The summed E-state index contributed by atoms with van der Waals surface area (Å²) in [6, 6.07) is 5.39. The fourth-order valence-corrected chi connectivity index (χ4v) is 2.42. The second kappa shape index (κ2) is 8.22. The van der Waals surface area contributed by atoms with E-state index in [1.54, 1.807) is 26.4 Å². The minimum absolute atomic E-state index is 0.285. The van der Waals surface area contributed by atoms with E-state index in [0.29, 0.717) is 24.0 Å². The van der Waals surface area contributed by atoms with Crippen LogP contribution in [0.1, 0.15) is 24.5 Å². The predicted molar refractivity (Wildman–Crippen MR) is 78.9 cm³/mol. The Bertz CT molecular complexity index is 429. The molecule has 0 bridgehead atoms. The van der Waals surface area contributed by atoms with Crippen LogP contribution in [0.5, 0.6) is 11.5 Å². The number of methoxy groups -OCH3 is 2. The van der Waals surface area contributed by atoms with Gasteiger partial charge in [0.25, 0.3) is 0 Å². The summed E-state index contributed by atoms with van der Waals surface area (Å²) in [5.41, 5.74) is 0.764. The average Bonchev–Trinajstić information content (AvgIpc) is 2.55. The highest BCUT2D eigenvalue weighted by Crippen LogP contribution is 2.30. The van der Waals surface area contributed by atoms with Crippen molar-refractivity contribution >= 4 is 0 Å². The third kappa shape index (κ3) is 4.59. The summed E-state index contributed by atoms with van der Waals surface area (Å²) in [4.78, 5) is 0. The zero-order valence-corrected chi connectivity index (χ0v) is 12.7. The molecule has 2 rings (SSSR count). The molecular formula is C16H24O5. The quantitative estimate of drug-likeness (QED) is 0.836. The summed E-state index contributed by atoms with van der Waals surface area (Å²) in [5.74, 6) is 1.80. The number of hydrogen-bond donors (Lipinski definition) is 1. The third-order valence-corrected chi connectivity index (χ3v) is 3.76. The Morgan fingerprint density at radius 3 is 2.57 bits per heavy atom. The Morgan fingerprint density at radius 1 is 1.19 bits per heavy atom. The summed E-state index contributed by atoms with van der Waals surface area (Å²) >= 11 is 0. The maximum atomic E-state index is 10.2. The van der Waals surface area contributed by atoms with Gasteiger partial charge in [-0.15, -0.1) is 0 Å². The van der Waals surface area contributed by atoms with Crippen LogP contribution in [-0.4, -0.2) is 45.8 Å². The Morgan fingerprint density at radius 2 is 1.90 bits per heavy atom. The second-order valence-corrected chi connectivity index (χ2v) is 5.22. The van der Waals surface area contributed by atoms with Crippen LogP contribution in [0.25, 0.3) is 0 Å². The Labute approximate surface area is 125 Å². The van der Waals surface area contributed by atoms with Crippen LogP contribution in [0.3, 0.4) is 0 Å². The van der Waals surface area contributed by atoms with Crippen molar-refractivity contribution in [1.29, 1.82) is 0 Å². The first kappa shape index (κ1) is 16.1. The van der Waals surface area contributed by atoms with Crippen molar-refractivity contribution in [2.45, 2.75) is 18.9 Å². The molecule has 1 heterocycles. The van der Waals surface area contributed by atoms with Gasteiger partial charge in [0.05, 0.1) is 20.8 Å². The predicted octanol–water partition coefficient (Wildman–Crippen LogP) is 2.18. The molecule has 0 aliphatic carbocycles. The van der Waals surface area contributed by atoms with E-state index in [-0.39, 0.29) is 6.61 Å². The van der Waals surface area contributed by atoms with Gasteiger partial charge in [-0.2, -0.15) is 0 Å². The van der Waals surface area contributed by atoms with Crippen LogP contribution in [0.4, 0.5) is 0 Å². The number of benzene rings is 1. The summed E-state index contributed by atoms with van der Waals surface area (Å²) in [7, 11) is 3.17. The van der Waals surface area contributed by atoms with Crippen LogP contribution in [0.15, 0.2) is 18.2 Å². The molecule has 1 fully saturated rings. The second-order valence-electron chi connectivity index (χ2n) is 5.22. The molecule has 1 N–H and O–H groups in total. The van der Waals surface area contributed by atoms with E-state index in [1.165, 1.54) is 0 Å². The molecule has 0 saturated carbocycles. The zero-order chi connectivity index (χ0) is 15.1. The topological polar surface area (TPSA) is 57.2 Å². The summed E-state index contributed by atoms with van der Waals surface area (Å²) < 4.78 is 21.4. The normalized spacial score (nSPS) is 17.5. The molecule has 118 valence electrons. The van der Waals surface area contributed by atoms with Crippen LogP contribution >= 0.6 is 0 Å². The van der Waals surface area contributed by atoms with E-state index < -0.39 is 6.10 Å². The molecule has 1 saturated heterocycles. The lowest BCUT2D eigenvalue weighted by atomic mass is 10.0. The maximum Gasteiger partial charge on any atom is 0.161 e. The van der Waals surface area contributed by atoms with E-state index >= 15 is 0 Å². The van der Waals surface area contributed by atoms with Crippen molar-refractivity contribution in [2.75, 3.05) is 40.6 Å². The van der Waals surface area contributed by atoms with E-state index in [1.807, 2.05) is 6.07 Å². The van der Waals surface area contributed by atoms with Crippen molar-refractivity contribution in [2.24, 2.45) is 5.92 Å². The van der Waals surface area contributed by atoms with Crippen LogP contribution < -0.4 is 9.47 Å². The van der Waals surface area contributed by atoms with Gasteiger partial charge in [0, 0.05) is 19.8 Å². The third-order valence-electron chi connectivity index (χ3n) is 3.76. The number of rotatable bonds is 7. The molecule has 1 aromatic rings.